The van der Waals surface area contributed by atoms with Gasteiger partial charge in [0.05, 0.1) is 6.10 Å². The molecular weight excluding hydrogens is 162 g/mol. The Kier molecular flexibility index (Phi) is 3.74. The minimum atomic E-state index is -0.211. The number of aliphatic hydroxyl groups excluding tert-OH is 1. The molecule has 13 heavy (non-hydrogen) atoms. The predicted octanol–water partition coefficient (Wildman–Crippen LogP) is 1.73. The van der Waals surface area contributed by atoms with Crippen LogP contribution >= 0.6 is 0 Å². The van der Waals surface area contributed by atoms with E-state index in [1.165, 1.54) is 6.42 Å². The number of aliphatic hydroxyl groups is 1. The second kappa shape index (κ2) is 4.43. The van der Waals surface area contributed by atoms with Crippen molar-refractivity contribution >= 4 is 0 Å². The first-order valence-electron chi connectivity index (χ1n) is 5.42. The van der Waals surface area contributed by atoms with Crippen LogP contribution in [0, 0.1) is 11.8 Å². The molecule has 0 aliphatic carbocycles. The molecule has 0 aromatic rings. The lowest BCUT2D eigenvalue weighted by molar-refractivity contribution is 0.0303. The number of rotatable bonds is 2. The highest BCUT2D eigenvalue weighted by molar-refractivity contribution is 4.80. The van der Waals surface area contributed by atoms with E-state index in [1.54, 1.807) is 0 Å². The molecule has 1 rings (SSSR count). The average molecular weight is 185 g/mol. The molecule has 1 N–H and O–H groups in total. The molecule has 1 aliphatic rings. The molecule has 1 aliphatic heterocycles. The van der Waals surface area contributed by atoms with Gasteiger partial charge < -0.3 is 5.11 Å². The predicted molar refractivity (Wildman–Crippen MR) is 55.7 cm³/mol. The number of likely N-dealkylation sites (tertiary alicyclic amines) is 1. The van der Waals surface area contributed by atoms with Crippen LogP contribution in [0.15, 0.2) is 0 Å². The van der Waals surface area contributed by atoms with Crippen LogP contribution in [-0.4, -0.2) is 35.2 Å². The molecule has 1 saturated heterocycles. The van der Waals surface area contributed by atoms with Crippen LogP contribution in [0.1, 0.15) is 34.1 Å². The molecule has 1 heterocycles. The maximum Gasteiger partial charge on any atom is 0.0664 e. The summed E-state index contributed by atoms with van der Waals surface area (Å²) in [6.45, 7) is 10.9. The van der Waals surface area contributed by atoms with Crippen LogP contribution in [0.3, 0.4) is 0 Å². The van der Waals surface area contributed by atoms with Crippen LogP contribution in [0.2, 0.25) is 0 Å². The van der Waals surface area contributed by atoms with Gasteiger partial charge in [0.15, 0.2) is 0 Å². The second-order valence-electron chi connectivity index (χ2n) is 4.88. The van der Waals surface area contributed by atoms with Crippen LogP contribution in [0.25, 0.3) is 0 Å². The fourth-order valence-corrected chi connectivity index (χ4v) is 2.35. The Morgan fingerprint density at radius 3 is 2.00 bits per heavy atom. The van der Waals surface area contributed by atoms with Gasteiger partial charge in [0, 0.05) is 19.1 Å². The first-order chi connectivity index (χ1) is 6.00. The van der Waals surface area contributed by atoms with E-state index >= 15 is 0 Å². The Hall–Kier alpha value is -0.0800. The Morgan fingerprint density at radius 2 is 1.62 bits per heavy atom. The summed E-state index contributed by atoms with van der Waals surface area (Å²) in [5.74, 6) is 1.56. The summed E-state index contributed by atoms with van der Waals surface area (Å²) < 4.78 is 0. The Labute approximate surface area is 81.9 Å². The van der Waals surface area contributed by atoms with Gasteiger partial charge in [-0.15, -0.1) is 0 Å². The zero-order valence-electron chi connectivity index (χ0n) is 9.33. The third kappa shape index (κ3) is 2.96. The molecule has 0 aromatic carbocycles. The maximum absolute atomic E-state index is 9.50. The van der Waals surface area contributed by atoms with Gasteiger partial charge >= 0.3 is 0 Å². The van der Waals surface area contributed by atoms with E-state index in [2.05, 4.69) is 25.7 Å². The van der Waals surface area contributed by atoms with Gasteiger partial charge in [-0.3, -0.25) is 4.90 Å². The summed E-state index contributed by atoms with van der Waals surface area (Å²) in [7, 11) is 0. The van der Waals surface area contributed by atoms with Crippen molar-refractivity contribution in [3.63, 3.8) is 0 Å². The molecule has 0 bridgehead atoms. The topological polar surface area (TPSA) is 23.5 Å². The largest absolute Gasteiger partial charge is 0.392 e. The van der Waals surface area contributed by atoms with Crippen LogP contribution in [0.5, 0.6) is 0 Å². The van der Waals surface area contributed by atoms with Gasteiger partial charge in [0.2, 0.25) is 0 Å². The molecule has 2 heteroatoms. The minimum absolute atomic E-state index is 0.211. The van der Waals surface area contributed by atoms with Gasteiger partial charge in [-0.2, -0.15) is 0 Å². The summed E-state index contributed by atoms with van der Waals surface area (Å²) in [4.78, 5) is 2.42. The van der Waals surface area contributed by atoms with Crippen molar-refractivity contribution in [2.45, 2.75) is 46.3 Å². The molecule has 4 unspecified atom stereocenters. The normalized spacial score (nSPS) is 35.8. The van der Waals surface area contributed by atoms with Gasteiger partial charge in [0.25, 0.3) is 0 Å². The lowest BCUT2D eigenvalue weighted by atomic mass is 9.90. The summed E-state index contributed by atoms with van der Waals surface area (Å²) in [5, 5.41) is 9.50. The zero-order valence-corrected chi connectivity index (χ0v) is 9.33. The van der Waals surface area contributed by atoms with E-state index in [1.807, 2.05) is 6.92 Å². The van der Waals surface area contributed by atoms with E-state index < -0.39 is 0 Å². The highest BCUT2D eigenvalue weighted by atomic mass is 16.3. The van der Waals surface area contributed by atoms with Crippen molar-refractivity contribution in [3.05, 3.63) is 0 Å². The van der Waals surface area contributed by atoms with E-state index in [4.69, 9.17) is 0 Å². The third-order valence-corrected chi connectivity index (χ3v) is 3.17. The first-order valence-corrected chi connectivity index (χ1v) is 5.42. The monoisotopic (exact) mass is 185 g/mol. The second-order valence-corrected chi connectivity index (χ2v) is 4.88. The van der Waals surface area contributed by atoms with Gasteiger partial charge in [-0.25, -0.2) is 0 Å². The van der Waals surface area contributed by atoms with Gasteiger partial charge in [-0.05, 0) is 32.1 Å². The number of hydrogen-bond acceptors (Lipinski definition) is 2. The van der Waals surface area contributed by atoms with Gasteiger partial charge in [-0.1, -0.05) is 13.8 Å². The lowest BCUT2D eigenvalue weighted by Crippen LogP contribution is -2.47. The van der Waals surface area contributed by atoms with E-state index in [9.17, 15) is 5.11 Å². The average Bonchev–Trinajstić information content (AvgIpc) is 2.01. The molecule has 4 atom stereocenters. The third-order valence-electron chi connectivity index (χ3n) is 3.17. The summed E-state index contributed by atoms with van der Waals surface area (Å²) in [5.41, 5.74) is 0. The summed E-state index contributed by atoms with van der Waals surface area (Å²) >= 11 is 0. The number of hydrogen-bond donors (Lipinski definition) is 1. The summed E-state index contributed by atoms with van der Waals surface area (Å²) in [6.07, 6.45) is 1.13. The van der Waals surface area contributed by atoms with Crippen LogP contribution < -0.4 is 0 Å². The molecule has 0 saturated carbocycles. The fraction of sp³-hybridized carbons (Fsp3) is 1.00. The summed E-state index contributed by atoms with van der Waals surface area (Å²) in [6, 6.07) is 0.310. The van der Waals surface area contributed by atoms with E-state index in [-0.39, 0.29) is 6.10 Å². The Balaban J connectivity index is 2.49. The molecule has 0 spiro atoms. The molecular formula is C11H23NO. The van der Waals surface area contributed by atoms with Crippen molar-refractivity contribution in [2.24, 2.45) is 11.8 Å². The lowest BCUT2D eigenvalue weighted by Gasteiger charge is -2.39. The van der Waals surface area contributed by atoms with Crippen molar-refractivity contribution in [2.75, 3.05) is 13.1 Å². The molecule has 0 aromatic heterocycles. The SMILES string of the molecule is CC1CC(C)CN(C(C)C(C)O)C1. The Bertz CT molecular complexity index is 148. The molecule has 1 fully saturated rings. The molecule has 0 amide bonds. The maximum atomic E-state index is 9.50. The van der Waals surface area contributed by atoms with Gasteiger partial charge in [0.1, 0.15) is 0 Å². The fourth-order valence-electron chi connectivity index (χ4n) is 2.35. The van der Waals surface area contributed by atoms with Crippen LogP contribution in [-0.2, 0) is 0 Å². The first kappa shape index (κ1) is 11.0. The quantitative estimate of drug-likeness (QED) is 0.708. The highest BCUT2D eigenvalue weighted by Gasteiger charge is 2.26. The molecule has 78 valence electrons. The molecule has 2 nitrogen and oxygen atoms in total. The van der Waals surface area contributed by atoms with Crippen LogP contribution in [0.4, 0.5) is 0 Å². The minimum Gasteiger partial charge on any atom is -0.392 e. The molecule has 0 radical (unpaired) electrons. The van der Waals surface area contributed by atoms with E-state index in [0.29, 0.717) is 6.04 Å². The van der Waals surface area contributed by atoms with E-state index in [0.717, 1.165) is 24.9 Å². The highest BCUT2D eigenvalue weighted by Crippen LogP contribution is 2.23. The smallest absolute Gasteiger partial charge is 0.0664 e. The number of piperidine rings is 1. The van der Waals surface area contributed by atoms with Crippen molar-refractivity contribution in [1.29, 1.82) is 0 Å². The zero-order chi connectivity index (χ0) is 10.0. The number of nitrogens with zero attached hydrogens (tertiary/aromatic N) is 1. The van der Waals surface area contributed by atoms with Crippen molar-refractivity contribution in [3.8, 4) is 0 Å². The van der Waals surface area contributed by atoms with Crippen molar-refractivity contribution in [1.82, 2.24) is 4.90 Å². The van der Waals surface area contributed by atoms with Crippen molar-refractivity contribution < 1.29 is 5.11 Å². The Morgan fingerprint density at radius 1 is 1.15 bits per heavy atom. The standard InChI is InChI=1S/C11H23NO/c1-8-5-9(2)7-12(6-8)10(3)11(4)13/h8-11,13H,5-7H2,1-4H3.